The molecule has 0 unspecified atom stereocenters. The summed E-state index contributed by atoms with van der Waals surface area (Å²) in [7, 11) is 1.92. The number of amides is 1. The Balaban J connectivity index is 0.00000200. The molecule has 4 heteroatoms. The van der Waals surface area contributed by atoms with E-state index in [2.05, 4.69) is 13.8 Å². The third-order valence-electron chi connectivity index (χ3n) is 4.33. The highest BCUT2D eigenvalue weighted by Crippen LogP contribution is 2.36. The molecule has 0 saturated heterocycles. The van der Waals surface area contributed by atoms with Crippen molar-refractivity contribution in [3.05, 3.63) is 29.8 Å². The van der Waals surface area contributed by atoms with E-state index in [1.807, 2.05) is 11.9 Å². The van der Waals surface area contributed by atoms with Crippen molar-refractivity contribution < 1.29 is 4.79 Å². The van der Waals surface area contributed by atoms with Crippen LogP contribution in [0.1, 0.15) is 49.9 Å². The second-order valence-electron chi connectivity index (χ2n) is 6.43. The van der Waals surface area contributed by atoms with E-state index in [1.165, 1.54) is 12.8 Å². The van der Waals surface area contributed by atoms with E-state index < -0.39 is 0 Å². The summed E-state index contributed by atoms with van der Waals surface area (Å²) in [5, 5.41) is 0. The van der Waals surface area contributed by atoms with E-state index in [4.69, 9.17) is 5.73 Å². The lowest BCUT2D eigenvalue weighted by Gasteiger charge is -2.38. The predicted octanol–water partition coefficient (Wildman–Crippen LogP) is 3.73. The zero-order valence-corrected chi connectivity index (χ0v) is 13.4. The lowest BCUT2D eigenvalue weighted by molar-refractivity contribution is 0.0635. The van der Waals surface area contributed by atoms with E-state index >= 15 is 0 Å². The summed E-state index contributed by atoms with van der Waals surface area (Å²) < 4.78 is 0. The van der Waals surface area contributed by atoms with Gasteiger partial charge in [0.05, 0.1) is 0 Å². The Morgan fingerprint density at radius 3 is 2.20 bits per heavy atom. The van der Waals surface area contributed by atoms with Gasteiger partial charge in [-0.1, -0.05) is 13.8 Å². The summed E-state index contributed by atoms with van der Waals surface area (Å²) in [5.41, 5.74) is 7.50. The number of nitrogens with two attached hydrogens (primary N) is 1. The number of anilines is 1. The minimum Gasteiger partial charge on any atom is -0.399 e. The SMILES string of the molecule is CN(C(=O)c1ccc(N)cc1)C1CCC(C)(C)CC1.Cl. The first kappa shape index (κ1) is 16.8. The first-order chi connectivity index (χ1) is 8.89. The highest BCUT2D eigenvalue weighted by molar-refractivity contribution is 5.94. The van der Waals surface area contributed by atoms with E-state index in [-0.39, 0.29) is 18.3 Å². The second kappa shape index (κ2) is 6.49. The van der Waals surface area contributed by atoms with Gasteiger partial charge < -0.3 is 10.6 Å². The number of carbonyl (C=O) groups excluding carboxylic acids is 1. The number of nitrogen functional groups attached to an aromatic ring is 1. The van der Waals surface area contributed by atoms with Crippen LogP contribution >= 0.6 is 12.4 Å². The number of hydrogen-bond acceptors (Lipinski definition) is 2. The fourth-order valence-electron chi connectivity index (χ4n) is 2.77. The molecule has 1 aliphatic carbocycles. The normalized spacial score (nSPS) is 18.1. The second-order valence-corrected chi connectivity index (χ2v) is 6.43. The molecule has 0 aliphatic heterocycles. The lowest BCUT2D eigenvalue weighted by Crippen LogP contribution is -2.40. The van der Waals surface area contributed by atoms with Gasteiger partial charge in [0.1, 0.15) is 0 Å². The summed E-state index contributed by atoms with van der Waals surface area (Å²) in [6, 6.07) is 7.55. The summed E-state index contributed by atoms with van der Waals surface area (Å²) >= 11 is 0. The largest absolute Gasteiger partial charge is 0.399 e. The fraction of sp³-hybridized carbons (Fsp3) is 0.562. The Morgan fingerprint density at radius 1 is 1.20 bits per heavy atom. The summed E-state index contributed by atoms with van der Waals surface area (Å²) in [5.74, 6) is 0.102. The van der Waals surface area contributed by atoms with Crippen molar-refractivity contribution in [3.8, 4) is 0 Å². The fourth-order valence-corrected chi connectivity index (χ4v) is 2.77. The van der Waals surface area contributed by atoms with Crippen molar-refractivity contribution in [2.24, 2.45) is 5.41 Å². The molecule has 0 radical (unpaired) electrons. The van der Waals surface area contributed by atoms with Crippen LogP contribution in [-0.2, 0) is 0 Å². The van der Waals surface area contributed by atoms with E-state index in [0.29, 0.717) is 17.1 Å². The number of carbonyl (C=O) groups is 1. The Kier molecular flexibility index (Phi) is 5.46. The predicted molar refractivity (Wildman–Crippen MR) is 86.2 cm³/mol. The quantitative estimate of drug-likeness (QED) is 0.845. The molecule has 0 aromatic heterocycles. The lowest BCUT2D eigenvalue weighted by atomic mass is 9.75. The maximum absolute atomic E-state index is 12.4. The van der Waals surface area contributed by atoms with E-state index in [0.717, 1.165) is 18.4 Å². The van der Waals surface area contributed by atoms with Crippen LogP contribution in [0, 0.1) is 5.41 Å². The zero-order chi connectivity index (χ0) is 14.0. The van der Waals surface area contributed by atoms with Crippen LogP contribution in [0.2, 0.25) is 0 Å². The van der Waals surface area contributed by atoms with Crippen molar-refractivity contribution in [1.82, 2.24) is 4.90 Å². The number of halogens is 1. The summed E-state index contributed by atoms with van der Waals surface area (Å²) in [6.07, 6.45) is 4.59. The van der Waals surface area contributed by atoms with Gasteiger partial charge in [-0.25, -0.2) is 0 Å². The standard InChI is InChI=1S/C16H24N2O.ClH/c1-16(2)10-8-14(9-11-16)18(3)15(19)12-4-6-13(17)7-5-12;/h4-7,14H,8-11,17H2,1-3H3;1H. The molecule has 0 atom stereocenters. The van der Waals surface area contributed by atoms with E-state index in [1.54, 1.807) is 24.3 Å². The molecule has 20 heavy (non-hydrogen) atoms. The smallest absolute Gasteiger partial charge is 0.253 e. The van der Waals surface area contributed by atoms with Gasteiger partial charge in [-0.15, -0.1) is 12.4 Å². The van der Waals surface area contributed by atoms with Gasteiger partial charge in [0.15, 0.2) is 0 Å². The van der Waals surface area contributed by atoms with Crippen LogP contribution in [0.4, 0.5) is 5.69 Å². The van der Waals surface area contributed by atoms with Crippen LogP contribution in [0.15, 0.2) is 24.3 Å². The van der Waals surface area contributed by atoms with Gasteiger partial charge in [-0.2, -0.15) is 0 Å². The molecule has 2 N–H and O–H groups in total. The molecule has 1 fully saturated rings. The number of hydrogen-bond donors (Lipinski definition) is 1. The van der Waals surface area contributed by atoms with Crippen LogP contribution < -0.4 is 5.73 Å². The van der Waals surface area contributed by atoms with Crippen LogP contribution in [-0.4, -0.2) is 23.9 Å². The van der Waals surface area contributed by atoms with Crippen LogP contribution in [0.5, 0.6) is 0 Å². The molecule has 0 spiro atoms. The maximum atomic E-state index is 12.4. The monoisotopic (exact) mass is 296 g/mol. The molecule has 0 bridgehead atoms. The Bertz CT molecular complexity index is 446. The molecule has 1 aromatic carbocycles. The molecule has 3 nitrogen and oxygen atoms in total. The highest BCUT2D eigenvalue weighted by Gasteiger charge is 2.30. The van der Waals surface area contributed by atoms with Crippen molar-refractivity contribution in [2.75, 3.05) is 12.8 Å². The Labute approximate surface area is 127 Å². The van der Waals surface area contributed by atoms with Crippen molar-refractivity contribution >= 4 is 24.0 Å². The first-order valence-electron chi connectivity index (χ1n) is 7.02. The molecule has 112 valence electrons. The molecule has 1 aromatic rings. The topological polar surface area (TPSA) is 46.3 Å². The molecule has 1 aliphatic rings. The number of benzene rings is 1. The Hall–Kier alpha value is -1.22. The molecule has 2 rings (SSSR count). The van der Waals surface area contributed by atoms with Crippen LogP contribution in [0.3, 0.4) is 0 Å². The molecule has 1 amide bonds. The number of nitrogens with zero attached hydrogens (tertiary/aromatic N) is 1. The number of rotatable bonds is 2. The molecule has 0 heterocycles. The minimum atomic E-state index is 0. The van der Waals surface area contributed by atoms with Crippen molar-refractivity contribution in [1.29, 1.82) is 0 Å². The zero-order valence-electron chi connectivity index (χ0n) is 12.6. The average Bonchev–Trinajstić information content (AvgIpc) is 2.38. The van der Waals surface area contributed by atoms with E-state index in [9.17, 15) is 4.79 Å². The highest BCUT2D eigenvalue weighted by atomic mass is 35.5. The van der Waals surface area contributed by atoms with Crippen molar-refractivity contribution in [2.45, 2.75) is 45.6 Å². The first-order valence-corrected chi connectivity index (χ1v) is 7.02. The van der Waals surface area contributed by atoms with Crippen molar-refractivity contribution in [3.63, 3.8) is 0 Å². The van der Waals surface area contributed by atoms with Gasteiger partial charge in [0.25, 0.3) is 5.91 Å². The summed E-state index contributed by atoms with van der Waals surface area (Å²) in [4.78, 5) is 14.3. The summed E-state index contributed by atoms with van der Waals surface area (Å²) in [6.45, 7) is 4.62. The van der Waals surface area contributed by atoms with Gasteiger partial charge in [0.2, 0.25) is 0 Å². The third kappa shape index (κ3) is 3.89. The van der Waals surface area contributed by atoms with Gasteiger partial charge in [-0.05, 0) is 55.4 Å². The maximum Gasteiger partial charge on any atom is 0.253 e. The molecular weight excluding hydrogens is 272 g/mol. The third-order valence-corrected chi connectivity index (χ3v) is 4.33. The molecule has 1 saturated carbocycles. The van der Waals surface area contributed by atoms with Gasteiger partial charge >= 0.3 is 0 Å². The molecular formula is C16H25ClN2O. The average molecular weight is 297 g/mol. The Morgan fingerprint density at radius 2 is 1.70 bits per heavy atom. The van der Waals surface area contributed by atoms with Gasteiger partial charge in [0, 0.05) is 24.3 Å². The minimum absolute atomic E-state index is 0. The van der Waals surface area contributed by atoms with Crippen LogP contribution in [0.25, 0.3) is 0 Å². The van der Waals surface area contributed by atoms with Gasteiger partial charge in [-0.3, -0.25) is 4.79 Å².